The lowest BCUT2D eigenvalue weighted by atomic mass is 10.1. The maximum Gasteiger partial charge on any atom is 0.337 e. The zero-order valence-electron chi connectivity index (χ0n) is 9.91. The molecular formula is C11H9N5O4. The van der Waals surface area contributed by atoms with E-state index in [0.717, 1.165) is 18.2 Å². The van der Waals surface area contributed by atoms with Crippen LogP contribution < -0.4 is 11.2 Å². The Hall–Kier alpha value is -3.41. The molecule has 0 aliphatic rings. The fraction of sp³-hybridized carbons (Fsp3) is 0. The number of nitrogens with two attached hydrogens (primary N) is 1. The van der Waals surface area contributed by atoms with Crippen LogP contribution in [0.4, 0.5) is 5.69 Å². The van der Waals surface area contributed by atoms with Gasteiger partial charge in [0.15, 0.2) is 5.84 Å². The van der Waals surface area contributed by atoms with Crippen LogP contribution in [0.3, 0.4) is 0 Å². The Balaban J connectivity index is 3.24. The van der Waals surface area contributed by atoms with Crippen molar-refractivity contribution in [2.75, 3.05) is 5.43 Å². The molecule has 0 aliphatic heterocycles. The van der Waals surface area contributed by atoms with Gasteiger partial charge in [-0.3, -0.25) is 10.8 Å². The summed E-state index contributed by atoms with van der Waals surface area (Å²) in [5, 5.41) is 36.9. The molecule has 1 rings (SSSR count). The molecule has 0 spiro atoms. The number of aromatic carboxylic acids is 2. The minimum Gasteiger partial charge on any atom is -0.478 e. The Morgan fingerprint density at radius 3 is 2.45 bits per heavy atom. The van der Waals surface area contributed by atoms with Gasteiger partial charge < -0.3 is 15.9 Å². The molecule has 0 saturated carbocycles. The zero-order valence-corrected chi connectivity index (χ0v) is 9.91. The largest absolute Gasteiger partial charge is 0.478 e. The van der Waals surface area contributed by atoms with E-state index in [1.807, 2.05) is 0 Å². The molecule has 0 heterocycles. The Kier molecular flexibility index (Phi) is 4.37. The predicted octanol–water partition coefficient (Wildman–Crippen LogP) is 0.310. The van der Waals surface area contributed by atoms with Gasteiger partial charge in [0, 0.05) is 0 Å². The highest BCUT2D eigenvalue weighted by Gasteiger charge is 2.13. The van der Waals surface area contributed by atoms with Gasteiger partial charge in [-0.2, -0.15) is 10.4 Å². The van der Waals surface area contributed by atoms with Gasteiger partial charge in [-0.25, -0.2) is 9.59 Å². The second-order valence-electron chi connectivity index (χ2n) is 3.47. The molecule has 0 saturated heterocycles. The maximum absolute atomic E-state index is 11.0. The van der Waals surface area contributed by atoms with Gasteiger partial charge in [-0.15, -0.1) is 0 Å². The molecule has 0 bridgehead atoms. The van der Waals surface area contributed by atoms with Crippen LogP contribution in [0.2, 0.25) is 0 Å². The summed E-state index contributed by atoms with van der Waals surface area (Å²) in [7, 11) is 0. The molecule has 0 fully saturated rings. The lowest BCUT2D eigenvalue weighted by molar-refractivity contribution is 0.0682. The van der Waals surface area contributed by atoms with Crippen LogP contribution >= 0.6 is 0 Å². The normalized spacial score (nSPS) is 10.4. The van der Waals surface area contributed by atoms with E-state index in [2.05, 4.69) is 10.5 Å². The van der Waals surface area contributed by atoms with Crippen molar-refractivity contribution in [2.24, 2.45) is 10.8 Å². The Morgan fingerprint density at radius 1 is 1.35 bits per heavy atom. The van der Waals surface area contributed by atoms with Crippen LogP contribution in [0.1, 0.15) is 20.7 Å². The summed E-state index contributed by atoms with van der Waals surface area (Å²) < 4.78 is 0. The second kappa shape index (κ2) is 5.96. The highest BCUT2D eigenvalue weighted by Crippen LogP contribution is 2.18. The summed E-state index contributed by atoms with van der Waals surface area (Å²) in [6.07, 6.45) is 0. The third-order valence-corrected chi connectivity index (χ3v) is 2.15. The summed E-state index contributed by atoms with van der Waals surface area (Å²) in [6.45, 7) is 0. The lowest BCUT2D eigenvalue weighted by Gasteiger charge is -2.06. The number of nitriles is 1. The minimum absolute atomic E-state index is 0.133. The fourth-order valence-corrected chi connectivity index (χ4v) is 1.22. The van der Waals surface area contributed by atoms with Crippen molar-refractivity contribution < 1.29 is 19.8 Å². The highest BCUT2D eigenvalue weighted by atomic mass is 16.4. The highest BCUT2D eigenvalue weighted by molar-refractivity contribution is 6.45. The standard InChI is InChI=1S/C11H9N5O4/c12-4-8(9(13)14)16-15-7-3-5(10(17)18)1-2-6(7)11(19)20/h1-3,15H,(H3,13,14)(H,17,18)(H,19,20)/b16-8+. The molecular weight excluding hydrogens is 266 g/mol. The van der Waals surface area contributed by atoms with Crippen molar-refractivity contribution in [3.8, 4) is 6.07 Å². The van der Waals surface area contributed by atoms with Crippen molar-refractivity contribution >= 4 is 29.2 Å². The first-order chi connectivity index (χ1) is 9.36. The number of hydrazone groups is 1. The average molecular weight is 275 g/mol. The third-order valence-electron chi connectivity index (χ3n) is 2.15. The van der Waals surface area contributed by atoms with E-state index in [1.54, 1.807) is 0 Å². The van der Waals surface area contributed by atoms with Crippen molar-refractivity contribution in [3.63, 3.8) is 0 Å². The lowest BCUT2D eigenvalue weighted by Crippen LogP contribution is -2.22. The van der Waals surface area contributed by atoms with Crippen LogP contribution in [0, 0.1) is 16.7 Å². The number of hydrogen-bond acceptors (Lipinski definition) is 6. The molecule has 0 amide bonds. The van der Waals surface area contributed by atoms with E-state index in [9.17, 15) is 9.59 Å². The van der Waals surface area contributed by atoms with E-state index in [-0.39, 0.29) is 16.8 Å². The van der Waals surface area contributed by atoms with Gasteiger partial charge in [-0.1, -0.05) is 0 Å². The topological polar surface area (TPSA) is 173 Å². The zero-order chi connectivity index (χ0) is 15.3. The van der Waals surface area contributed by atoms with Gasteiger partial charge in [0.05, 0.1) is 16.8 Å². The number of rotatable bonds is 5. The van der Waals surface area contributed by atoms with E-state index in [4.69, 9.17) is 26.6 Å². The van der Waals surface area contributed by atoms with Crippen molar-refractivity contribution in [1.82, 2.24) is 0 Å². The number of benzene rings is 1. The van der Waals surface area contributed by atoms with Crippen LogP contribution in [0.25, 0.3) is 0 Å². The van der Waals surface area contributed by atoms with Gasteiger partial charge in [0.25, 0.3) is 0 Å². The third kappa shape index (κ3) is 3.30. The molecule has 1 aromatic rings. The Morgan fingerprint density at radius 2 is 2.00 bits per heavy atom. The maximum atomic E-state index is 11.0. The molecule has 0 atom stereocenters. The number of nitrogens with zero attached hydrogens (tertiary/aromatic N) is 2. The molecule has 0 unspecified atom stereocenters. The van der Waals surface area contributed by atoms with Crippen LogP contribution in [0.5, 0.6) is 0 Å². The van der Waals surface area contributed by atoms with Crippen LogP contribution in [-0.4, -0.2) is 33.7 Å². The molecule has 9 heteroatoms. The molecule has 102 valence electrons. The Labute approximate surface area is 112 Å². The molecule has 0 aromatic heterocycles. The predicted molar refractivity (Wildman–Crippen MR) is 68.9 cm³/mol. The van der Waals surface area contributed by atoms with E-state index < -0.39 is 23.5 Å². The fourth-order valence-electron chi connectivity index (χ4n) is 1.22. The first-order valence-corrected chi connectivity index (χ1v) is 5.05. The number of amidine groups is 1. The van der Waals surface area contributed by atoms with E-state index in [0.29, 0.717) is 0 Å². The molecule has 0 aliphatic carbocycles. The summed E-state index contributed by atoms with van der Waals surface area (Å²) in [5.41, 5.74) is 6.31. The van der Waals surface area contributed by atoms with Crippen molar-refractivity contribution in [2.45, 2.75) is 0 Å². The Bertz CT molecular complexity index is 659. The SMILES string of the molecule is N#C/C(=N\Nc1cc(C(=O)O)ccc1C(=O)O)C(=N)N. The number of carbonyl (C=O) groups is 2. The molecule has 9 nitrogen and oxygen atoms in total. The first-order valence-electron chi connectivity index (χ1n) is 5.05. The van der Waals surface area contributed by atoms with Gasteiger partial charge in [-0.05, 0) is 18.2 Å². The number of carboxylic acids is 2. The monoisotopic (exact) mass is 275 g/mol. The van der Waals surface area contributed by atoms with Gasteiger partial charge in [0.1, 0.15) is 6.07 Å². The van der Waals surface area contributed by atoms with E-state index >= 15 is 0 Å². The number of anilines is 1. The summed E-state index contributed by atoms with van der Waals surface area (Å²) in [5.74, 6) is -3.16. The molecule has 6 N–H and O–H groups in total. The average Bonchev–Trinajstić information content (AvgIpc) is 2.38. The summed E-state index contributed by atoms with van der Waals surface area (Å²) >= 11 is 0. The number of carboxylic acid groups (broad SMARTS) is 2. The summed E-state index contributed by atoms with van der Waals surface area (Å²) in [4.78, 5) is 21.8. The quantitative estimate of drug-likeness (QED) is 0.292. The second-order valence-corrected chi connectivity index (χ2v) is 3.47. The van der Waals surface area contributed by atoms with E-state index in [1.165, 1.54) is 6.07 Å². The van der Waals surface area contributed by atoms with Crippen LogP contribution in [0.15, 0.2) is 23.3 Å². The number of hydrogen-bond donors (Lipinski definition) is 5. The van der Waals surface area contributed by atoms with Gasteiger partial charge in [0.2, 0.25) is 5.71 Å². The van der Waals surface area contributed by atoms with Crippen molar-refractivity contribution in [1.29, 1.82) is 10.7 Å². The molecule has 0 radical (unpaired) electrons. The van der Waals surface area contributed by atoms with Crippen LogP contribution in [-0.2, 0) is 0 Å². The minimum atomic E-state index is -1.30. The smallest absolute Gasteiger partial charge is 0.337 e. The molecule has 1 aromatic carbocycles. The number of nitrogens with one attached hydrogen (secondary N) is 2. The van der Waals surface area contributed by atoms with Gasteiger partial charge >= 0.3 is 11.9 Å². The molecule has 20 heavy (non-hydrogen) atoms. The first kappa shape index (κ1) is 14.7. The summed E-state index contributed by atoms with van der Waals surface area (Å²) in [6, 6.07) is 4.79. The van der Waals surface area contributed by atoms with Crippen molar-refractivity contribution in [3.05, 3.63) is 29.3 Å².